The Morgan fingerprint density at radius 2 is 1.39 bits per heavy atom. The van der Waals surface area contributed by atoms with Crippen molar-refractivity contribution in [3.05, 3.63) is 94.8 Å². The summed E-state index contributed by atoms with van der Waals surface area (Å²) in [5, 5.41) is 2.06. The minimum atomic E-state index is -1.48. The predicted octanol–water partition coefficient (Wildman–Crippen LogP) is 8.98. The molecular weight excluding hydrogens is 417 g/mol. The van der Waals surface area contributed by atoms with E-state index in [9.17, 15) is 13.2 Å². The van der Waals surface area contributed by atoms with Crippen molar-refractivity contribution < 1.29 is 13.2 Å². The lowest BCUT2D eigenvalue weighted by atomic mass is 9.96. The van der Waals surface area contributed by atoms with Crippen molar-refractivity contribution in [2.45, 2.75) is 32.6 Å². The van der Waals surface area contributed by atoms with E-state index in [1.54, 1.807) is 6.07 Å². The third-order valence-electron chi connectivity index (χ3n) is 5.61. The van der Waals surface area contributed by atoms with Crippen LogP contribution in [0.25, 0.3) is 33.0 Å². The Hall–Kier alpha value is -2.78. The maximum Gasteiger partial charge on any atom is 0.194 e. The summed E-state index contributed by atoms with van der Waals surface area (Å²) >= 11 is 6.56. The molecule has 31 heavy (non-hydrogen) atoms. The van der Waals surface area contributed by atoms with Gasteiger partial charge in [0.15, 0.2) is 17.5 Å². The fourth-order valence-corrected chi connectivity index (χ4v) is 4.19. The molecule has 0 fully saturated rings. The molecule has 0 amide bonds. The number of benzene rings is 4. The molecule has 158 valence electrons. The van der Waals surface area contributed by atoms with Crippen LogP contribution in [0.2, 0.25) is 5.02 Å². The zero-order chi connectivity index (χ0) is 22.0. The van der Waals surface area contributed by atoms with Crippen LogP contribution in [-0.2, 0) is 6.42 Å². The second-order valence-electron chi connectivity index (χ2n) is 7.77. The van der Waals surface area contributed by atoms with Gasteiger partial charge in [-0.3, -0.25) is 0 Å². The molecule has 4 heteroatoms. The molecule has 4 rings (SSSR count). The smallest absolute Gasteiger partial charge is 0.194 e. The first-order valence-corrected chi connectivity index (χ1v) is 10.8. The maximum atomic E-state index is 13.7. The molecule has 0 spiro atoms. The lowest BCUT2D eigenvalue weighted by Gasteiger charge is -2.11. The summed E-state index contributed by atoms with van der Waals surface area (Å²) in [7, 11) is 0. The summed E-state index contributed by atoms with van der Waals surface area (Å²) in [4.78, 5) is 0. The highest BCUT2D eigenvalue weighted by molar-refractivity contribution is 6.38. The number of hydrogen-bond acceptors (Lipinski definition) is 0. The quantitative estimate of drug-likeness (QED) is 0.208. The summed E-state index contributed by atoms with van der Waals surface area (Å²) in [5.74, 6) is -3.96. The van der Waals surface area contributed by atoms with E-state index in [1.807, 2.05) is 24.3 Å². The van der Waals surface area contributed by atoms with Gasteiger partial charge in [-0.2, -0.15) is 0 Å². The Bertz CT molecular complexity index is 1210. The third-order valence-corrected chi connectivity index (χ3v) is 6.01. The molecule has 0 N–H and O–H groups in total. The number of hydrogen-bond donors (Lipinski definition) is 0. The molecule has 0 aromatic heterocycles. The van der Waals surface area contributed by atoms with E-state index in [4.69, 9.17) is 11.6 Å². The van der Waals surface area contributed by atoms with E-state index in [0.717, 1.165) is 40.5 Å². The van der Waals surface area contributed by atoms with E-state index in [-0.39, 0.29) is 5.56 Å². The largest absolute Gasteiger partial charge is 0.204 e. The normalized spacial score (nSPS) is 11.3. The van der Waals surface area contributed by atoms with Gasteiger partial charge in [0, 0.05) is 10.9 Å². The fourth-order valence-electron chi connectivity index (χ4n) is 3.85. The van der Waals surface area contributed by atoms with E-state index >= 15 is 0 Å². The van der Waals surface area contributed by atoms with Crippen LogP contribution >= 0.6 is 11.6 Å². The van der Waals surface area contributed by atoms with Gasteiger partial charge in [0.2, 0.25) is 0 Å². The molecule has 0 heterocycles. The minimum absolute atomic E-state index is 0.200. The van der Waals surface area contributed by atoms with Gasteiger partial charge in [0.1, 0.15) is 0 Å². The van der Waals surface area contributed by atoms with Gasteiger partial charge in [-0.05, 0) is 58.7 Å². The van der Waals surface area contributed by atoms with E-state index in [2.05, 4.69) is 31.2 Å². The first kappa shape index (κ1) is 21.5. The number of aryl methyl sites for hydroxylation is 1. The standard InChI is InChI=1S/C27H22ClF3/c1-2-3-4-5-17-6-8-18(9-7-17)19-10-12-22-20(14-19)11-13-23(26(22)28)21-15-24(29)27(31)25(30)16-21/h6-16H,2-5H2,1H3. The minimum Gasteiger partial charge on any atom is -0.204 e. The SMILES string of the molecule is CCCCCc1ccc(-c2ccc3c(Cl)c(-c4cc(F)c(F)c(F)c4)ccc3c2)cc1. The highest BCUT2D eigenvalue weighted by Gasteiger charge is 2.15. The summed E-state index contributed by atoms with van der Waals surface area (Å²) in [6.45, 7) is 2.20. The van der Waals surface area contributed by atoms with E-state index in [1.165, 1.54) is 24.8 Å². The number of unbranched alkanes of at least 4 members (excludes halogenated alkanes) is 2. The molecule has 0 bridgehead atoms. The van der Waals surface area contributed by atoms with Crippen molar-refractivity contribution in [3.63, 3.8) is 0 Å². The Morgan fingerprint density at radius 1 is 0.710 bits per heavy atom. The lowest BCUT2D eigenvalue weighted by Crippen LogP contribution is -1.92. The number of rotatable bonds is 6. The molecular formula is C27H22ClF3. The average Bonchev–Trinajstić information content (AvgIpc) is 2.78. The zero-order valence-electron chi connectivity index (χ0n) is 17.2. The van der Waals surface area contributed by atoms with Crippen molar-refractivity contribution in [1.29, 1.82) is 0 Å². The highest BCUT2D eigenvalue weighted by Crippen LogP contribution is 2.37. The van der Waals surface area contributed by atoms with Crippen LogP contribution in [0.15, 0.2) is 66.7 Å². The highest BCUT2D eigenvalue weighted by atomic mass is 35.5. The molecule has 0 aliphatic heterocycles. The topological polar surface area (TPSA) is 0 Å². The van der Waals surface area contributed by atoms with Crippen LogP contribution < -0.4 is 0 Å². The maximum absolute atomic E-state index is 13.7. The molecule has 0 aliphatic rings. The summed E-state index contributed by atoms with van der Waals surface area (Å²) in [6.07, 6.45) is 4.75. The van der Waals surface area contributed by atoms with Crippen molar-refractivity contribution >= 4 is 22.4 Å². The van der Waals surface area contributed by atoms with Crippen LogP contribution in [0, 0.1) is 17.5 Å². The van der Waals surface area contributed by atoms with Crippen LogP contribution in [0.1, 0.15) is 31.7 Å². The van der Waals surface area contributed by atoms with Crippen LogP contribution in [0.3, 0.4) is 0 Å². The third kappa shape index (κ3) is 4.47. The second kappa shape index (κ2) is 9.15. The fraction of sp³-hybridized carbons (Fsp3) is 0.185. The van der Waals surface area contributed by atoms with Gasteiger partial charge in [-0.25, -0.2) is 13.2 Å². The molecule has 0 saturated heterocycles. The van der Waals surface area contributed by atoms with Crippen molar-refractivity contribution in [1.82, 2.24) is 0 Å². The van der Waals surface area contributed by atoms with Crippen LogP contribution in [0.4, 0.5) is 13.2 Å². The van der Waals surface area contributed by atoms with E-state index < -0.39 is 17.5 Å². The van der Waals surface area contributed by atoms with Gasteiger partial charge >= 0.3 is 0 Å². The van der Waals surface area contributed by atoms with E-state index in [0.29, 0.717) is 10.6 Å². The van der Waals surface area contributed by atoms with Crippen molar-refractivity contribution in [3.8, 4) is 22.3 Å². The molecule has 0 radical (unpaired) electrons. The Morgan fingerprint density at radius 3 is 2.06 bits per heavy atom. The summed E-state index contributed by atoms with van der Waals surface area (Å²) in [6, 6.07) is 20.0. The Kier molecular flexibility index (Phi) is 6.33. The molecule has 0 unspecified atom stereocenters. The van der Waals surface area contributed by atoms with Gasteiger partial charge < -0.3 is 0 Å². The van der Waals surface area contributed by atoms with Crippen LogP contribution in [0.5, 0.6) is 0 Å². The molecule has 4 aromatic rings. The number of fused-ring (bicyclic) bond motifs is 1. The zero-order valence-corrected chi connectivity index (χ0v) is 17.9. The van der Waals surface area contributed by atoms with Gasteiger partial charge in [0.05, 0.1) is 5.02 Å². The van der Waals surface area contributed by atoms with Crippen LogP contribution in [-0.4, -0.2) is 0 Å². The molecule has 0 atom stereocenters. The molecule has 0 nitrogen and oxygen atoms in total. The average molecular weight is 439 g/mol. The van der Waals surface area contributed by atoms with Gasteiger partial charge in [0.25, 0.3) is 0 Å². The molecule has 0 aliphatic carbocycles. The van der Waals surface area contributed by atoms with Gasteiger partial charge in [-0.15, -0.1) is 0 Å². The molecule has 4 aromatic carbocycles. The van der Waals surface area contributed by atoms with Crippen molar-refractivity contribution in [2.24, 2.45) is 0 Å². The Balaban J connectivity index is 1.66. The van der Waals surface area contributed by atoms with Crippen molar-refractivity contribution in [2.75, 3.05) is 0 Å². The first-order chi connectivity index (χ1) is 15.0. The lowest BCUT2D eigenvalue weighted by molar-refractivity contribution is 0.448. The first-order valence-electron chi connectivity index (χ1n) is 10.4. The second-order valence-corrected chi connectivity index (χ2v) is 8.15. The number of halogens is 4. The van der Waals surface area contributed by atoms with Gasteiger partial charge in [-0.1, -0.05) is 79.9 Å². The molecule has 0 saturated carbocycles. The monoisotopic (exact) mass is 438 g/mol. The Labute approximate surface area is 185 Å². The summed E-state index contributed by atoms with van der Waals surface area (Å²) < 4.78 is 40.6. The summed E-state index contributed by atoms with van der Waals surface area (Å²) in [5.41, 5.74) is 4.17. The predicted molar refractivity (Wildman–Crippen MR) is 123 cm³/mol.